The molecular weight excluding hydrogens is 407 g/mol. The Morgan fingerprint density at radius 2 is 2.06 bits per heavy atom. The summed E-state index contributed by atoms with van der Waals surface area (Å²) in [6.07, 6.45) is 1.06. The first-order chi connectivity index (χ1) is 14.9. The van der Waals surface area contributed by atoms with Crippen LogP contribution in [0, 0.1) is 0 Å². The molecule has 2 aliphatic heterocycles. The second-order valence-corrected chi connectivity index (χ2v) is 8.44. The van der Waals surface area contributed by atoms with E-state index in [1.807, 2.05) is 6.92 Å². The predicted molar refractivity (Wildman–Crippen MR) is 115 cm³/mol. The Balaban J connectivity index is 1.39. The maximum absolute atomic E-state index is 12.9. The Hall–Kier alpha value is -1.80. The predicted octanol–water partition coefficient (Wildman–Crippen LogP) is 4.43. The number of aliphatic imine (C=N–C) groups is 1. The van der Waals surface area contributed by atoms with Crippen LogP contribution in [-0.4, -0.2) is 63.0 Å². The number of guanidine groups is 1. The summed E-state index contributed by atoms with van der Waals surface area (Å²) in [6.45, 7) is 5.89. The van der Waals surface area contributed by atoms with Gasteiger partial charge < -0.3 is 19.7 Å². The van der Waals surface area contributed by atoms with Gasteiger partial charge in [0.05, 0.1) is 24.4 Å². The molecule has 2 heterocycles. The molecule has 2 saturated heterocycles. The minimum absolute atomic E-state index is 0.0184. The standard InChI is InChI=1S/C23H34F3N3O2/c1-17(18-5-3-6-19(15-18)23(24,25)26)8-11-28-22(27-2)29-12-9-20(10-13-29)31-16-21-7-4-14-30-21/h3,5-6,15,17,20-21H,4,7-14,16H2,1-2H3,(H,27,28). The van der Waals surface area contributed by atoms with Crippen molar-refractivity contribution in [3.8, 4) is 0 Å². The molecule has 0 saturated carbocycles. The topological polar surface area (TPSA) is 46.1 Å². The lowest BCUT2D eigenvalue weighted by atomic mass is 9.96. The number of ether oxygens (including phenoxy) is 2. The molecule has 0 aliphatic carbocycles. The number of nitrogens with zero attached hydrogens (tertiary/aromatic N) is 2. The fourth-order valence-electron chi connectivity index (χ4n) is 4.17. The molecule has 2 fully saturated rings. The molecule has 0 spiro atoms. The van der Waals surface area contributed by atoms with Crippen LogP contribution in [0.5, 0.6) is 0 Å². The van der Waals surface area contributed by atoms with E-state index in [1.165, 1.54) is 12.1 Å². The van der Waals surface area contributed by atoms with Crippen molar-refractivity contribution >= 4 is 5.96 Å². The molecular formula is C23H34F3N3O2. The van der Waals surface area contributed by atoms with Crippen LogP contribution in [-0.2, 0) is 15.7 Å². The Morgan fingerprint density at radius 1 is 1.29 bits per heavy atom. The van der Waals surface area contributed by atoms with Crippen LogP contribution < -0.4 is 5.32 Å². The zero-order valence-electron chi connectivity index (χ0n) is 18.5. The largest absolute Gasteiger partial charge is 0.416 e. The van der Waals surface area contributed by atoms with E-state index in [2.05, 4.69) is 15.2 Å². The van der Waals surface area contributed by atoms with Gasteiger partial charge in [-0.2, -0.15) is 13.2 Å². The summed E-state index contributed by atoms with van der Waals surface area (Å²) in [6, 6.07) is 5.60. The van der Waals surface area contributed by atoms with Crippen molar-refractivity contribution in [1.82, 2.24) is 10.2 Å². The van der Waals surface area contributed by atoms with Crippen molar-refractivity contribution in [3.63, 3.8) is 0 Å². The number of alkyl halides is 3. The molecule has 2 unspecified atom stereocenters. The molecule has 2 aliphatic rings. The molecule has 174 valence electrons. The van der Waals surface area contributed by atoms with Gasteiger partial charge in [-0.25, -0.2) is 0 Å². The molecule has 5 nitrogen and oxygen atoms in total. The van der Waals surface area contributed by atoms with E-state index >= 15 is 0 Å². The Labute approximate surface area is 183 Å². The molecule has 2 atom stereocenters. The van der Waals surface area contributed by atoms with E-state index in [0.717, 1.165) is 63.8 Å². The second kappa shape index (κ2) is 11.2. The van der Waals surface area contributed by atoms with Crippen LogP contribution >= 0.6 is 0 Å². The quantitative estimate of drug-likeness (QED) is 0.502. The van der Waals surface area contributed by atoms with Crippen molar-refractivity contribution in [3.05, 3.63) is 35.4 Å². The van der Waals surface area contributed by atoms with E-state index in [-0.39, 0.29) is 18.1 Å². The molecule has 0 bridgehead atoms. The smallest absolute Gasteiger partial charge is 0.376 e. The average Bonchev–Trinajstić information content (AvgIpc) is 3.29. The van der Waals surface area contributed by atoms with Crippen molar-refractivity contribution in [2.45, 2.75) is 63.3 Å². The first-order valence-corrected chi connectivity index (χ1v) is 11.2. The van der Waals surface area contributed by atoms with Crippen LogP contribution in [0.1, 0.15) is 56.1 Å². The lowest BCUT2D eigenvalue weighted by Gasteiger charge is -2.34. The molecule has 1 aromatic carbocycles. The molecule has 1 aromatic rings. The lowest BCUT2D eigenvalue weighted by Crippen LogP contribution is -2.47. The third kappa shape index (κ3) is 7.10. The fraction of sp³-hybridized carbons (Fsp3) is 0.696. The van der Waals surface area contributed by atoms with E-state index in [4.69, 9.17) is 9.47 Å². The highest BCUT2D eigenvalue weighted by molar-refractivity contribution is 5.79. The van der Waals surface area contributed by atoms with Gasteiger partial charge in [-0.05, 0) is 49.7 Å². The van der Waals surface area contributed by atoms with Crippen LogP contribution in [0.15, 0.2) is 29.3 Å². The van der Waals surface area contributed by atoms with Crippen molar-refractivity contribution in [2.75, 3.05) is 39.9 Å². The summed E-state index contributed by atoms with van der Waals surface area (Å²) in [5.41, 5.74) is 0.112. The summed E-state index contributed by atoms with van der Waals surface area (Å²) in [5.74, 6) is 0.860. The number of hydrogen-bond donors (Lipinski definition) is 1. The van der Waals surface area contributed by atoms with Gasteiger partial charge in [0, 0.05) is 33.3 Å². The Morgan fingerprint density at radius 3 is 2.71 bits per heavy atom. The van der Waals surface area contributed by atoms with Gasteiger partial charge in [0.1, 0.15) is 0 Å². The van der Waals surface area contributed by atoms with Gasteiger partial charge in [0.2, 0.25) is 0 Å². The van der Waals surface area contributed by atoms with Gasteiger partial charge in [-0.15, -0.1) is 0 Å². The molecule has 0 aromatic heterocycles. The normalized spacial score (nSPS) is 22.0. The highest BCUT2D eigenvalue weighted by atomic mass is 19.4. The maximum atomic E-state index is 12.9. The molecule has 0 radical (unpaired) electrons. The number of hydrogen-bond acceptors (Lipinski definition) is 3. The highest BCUT2D eigenvalue weighted by Crippen LogP contribution is 2.31. The van der Waals surface area contributed by atoms with E-state index in [9.17, 15) is 13.2 Å². The zero-order valence-corrected chi connectivity index (χ0v) is 18.5. The number of benzene rings is 1. The third-order valence-electron chi connectivity index (χ3n) is 6.14. The van der Waals surface area contributed by atoms with E-state index in [1.54, 1.807) is 13.1 Å². The summed E-state index contributed by atoms with van der Waals surface area (Å²) in [4.78, 5) is 6.61. The van der Waals surface area contributed by atoms with Crippen molar-refractivity contribution in [1.29, 1.82) is 0 Å². The van der Waals surface area contributed by atoms with Gasteiger partial charge in [-0.3, -0.25) is 4.99 Å². The minimum atomic E-state index is -4.31. The minimum Gasteiger partial charge on any atom is -0.376 e. The van der Waals surface area contributed by atoms with Gasteiger partial charge in [-0.1, -0.05) is 25.1 Å². The molecule has 1 N–H and O–H groups in total. The lowest BCUT2D eigenvalue weighted by molar-refractivity contribution is -0.137. The summed E-state index contributed by atoms with van der Waals surface area (Å²) < 4.78 is 50.5. The zero-order chi connectivity index (χ0) is 22.3. The van der Waals surface area contributed by atoms with E-state index < -0.39 is 11.7 Å². The highest BCUT2D eigenvalue weighted by Gasteiger charge is 2.30. The summed E-state index contributed by atoms with van der Waals surface area (Å²) in [7, 11) is 1.76. The first-order valence-electron chi connectivity index (χ1n) is 11.2. The molecule has 3 rings (SSSR count). The van der Waals surface area contributed by atoms with Crippen LogP contribution in [0.4, 0.5) is 13.2 Å². The fourth-order valence-corrected chi connectivity index (χ4v) is 4.17. The maximum Gasteiger partial charge on any atom is 0.416 e. The molecule has 0 amide bonds. The van der Waals surface area contributed by atoms with E-state index in [0.29, 0.717) is 18.7 Å². The summed E-state index contributed by atoms with van der Waals surface area (Å²) in [5, 5.41) is 3.37. The number of rotatable bonds is 7. The second-order valence-electron chi connectivity index (χ2n) is 8.44. The number of nitrogens with one attached hydrogen (secondary N) is 1. The van der Waals surface area contributed by atoms with Crippen LogP contribution in [0.3, 0.4) is 0 Å². The molecule has 31 heavy (non-hydrogen) atoms. The van der Waals surface area contributed by atoms with Crippen molar-refractivity contribution in [2.24, 2.45) is 4.99 Å². The number of halogens is 3. The first kappa shape index (κ1) is 23.9. The third-order valence-corrected chi connectivity index (χ3v) is 6.14. The number of piperidine rings is 1. The summed E-state index contributed by atoms with van der Waals surface area (Å²) >= 11 is 0. The average molecular weight is 442 g/mol. The van der Waals surface area contributed by atoms with Gasteiger partial charge in [0.15, 0.2) is 5.96 Å². The van der Waals surface area contributed by atoms with Crippen LogP contribution in [0.25, 0.3) is 0 Å². The number of likely N-dealkylation sites (tertiary alicyclic amines) is 1. The van der Waals surface area contributed by atoms with Gasteiger partial charge >= 0.3 is 6.18 Å². The van der Waals surface area contributed by atoms with Gasteiger partial charge in [0.25, 0.3) is 0 Å². The Bertz CT molecular complexity index is 712. The SMILES string of the molecule is CN=C(NCCC(C)c1cccc(C(F)(F)F)c1)N1CCC(OCC2CCCO2)CC1. The molecule has 8 heteroatoms. The monoisotopic (exact) mass is 441 g/mol. The Kier molecular flexibility index (Phi) is 8.60. The van der Waals surface area contributed by atoms with Crippen LogP contribution in [0.2, 0.25) is 0 Å². The van der Waals surface area contributed by atoms with Crippen molar-refractivity contribution < 1.29 is 22.6 Å².